The van der Waals surface area contributed by atoms with Crippen LogP contribution in [0.3, 0.4) is 0 Å². The van der Waals surface area contributed by atoms with Crippen molar-refractivity contribution in [2.75, 3.05) is 20.7 Å². The SMILES string of the molecule is C#CCN1C(=O)[C@@H]2[C@@H](C(=O)NC)[C@@]3(C)C=C[C@@]2(O3)[C@H]1C(=O)NCc1ccc(OC)cc1. The molecule has 31 heavy (non-hydrogen) atoms. The van der Waals surface area contributed by atoms with E-state index in [9.17, 15) is 14.4 Å². The summed E-state index contributed by atoms with van der Waals surface area (Å²) in [6, 6.07) is 6.34. The third kappa shape index (κ3) is 3.00. The number of methoxy groups -OCH3 is 1. The van der Waals surface area contributed by atoms with Gasteiger partial charge in [0.1, 0.15) is 17.4 Å². The molecule has 162 valence electrons. The number of amides is 3. The summed E-state index contributed by atoms with van der Waals surface area (Å²) in [6.45, 7) is 1.98. The topological polar surface area (TPSA) is 97.0 Å². The highest BCUT2D eigenvalue weighted by atomic mass is 16.5. The molecule has 2 saturated heterocycles. The number of nitrogens with one attached hydrogen (secondary N) is 2. The summed E-state index contributed by atoms with van der Waals surface area (Å²) in [4.78, 5) is 40.7. The van der Waals surface area contributed by atoms with Crippen molar-refractivity contribution in [2.45, 2.75) is 30.7 Å². The van der Waals surface area contributed by atoms with Crippen LogP contribution in [0.25, 0.3) is 0 Å². The number of hydrogen-bond acceptors (Lipinski definition) is 5. The molecule has 2 fully saturated rings. The lowest BCUT2D eigenvalue weighted by molar-refractivity contribution is -0.144. The number of benzene rings is 1. The van der Waals surface area contributed by atoms with Gasteiger partial charge in [-0.2, -0.15) is 0 Å². The van der Waals surface area contributed by atoms with Crippen molar-refractivity contribution in [1.29, 1.82) is 0 Å². The molecule has 1 aromatic carbocycles. The van der Waals surface area contributed by atoms with E-state index < -0.39 is 29.1 Å². The number of carbonyl (C=O) groups is 3. The zero-order valence-electron chi connectivity index (χ0n) is 17.7. The standard InChI is InChI=1S/C23H25N3O5/c1-5-12-26-18(20(28)25-13-14-6-8-15(30-4)9-7-14)23-11-10-22(2,31-23)16(19(27)24-3)17(23)21(26)29/h1,6-11,16-18H,12-13H2,2-4H3,(H,24,27)(H,25,28)/t16-,17-,18+,22+,23-/m0/s1. The highest BCUT2D eigenvalue weighted by molar-refractivity contribution is 6.00. The van der Waals surface area contributed by atoms with Crippen molar-refractivity contribution >= 4 is 17.7 Å². The maximum absolute atomic E-state index is 13.3. The van der Waals surface area contributed by atoms with Crippen molar-refractivity contribution in [2.24, 2.45) is 11.8 Å². The van der Waals surface area contributed by atoms with Gasteiger partial charge in [0.05, 0.1) is 31.1 Å². The molecule has 0 aromatic heterocycles. The van der Waals surface area contributed by atoms with Gasteiger partial charge in [0, 0.05) is 13.6 Å². The molecule has 3 aliphatic rings. The van der Waals surface area contributed by atoms with Crippen LogP contribution >= 0.6 is 0 Å². The van der Waals surface area contributed by atoms with Crippen LogP contribution < -0.4 is 15.4 Å². The molecule has 4 rings (SSSR count). The van der Waals surface area contributed by atoms with Crippen LogP contribution in [0.1, 0.15) is 12.5 Å². The second-order valence-corrected chi connectivity index (χ2v) is 8.18. The van der Waals surface area contributed by atoms with E-state index in [0.29, 0.717) is 5.75 Å². The van der Waals surface area contributed by atoms with Crippen LogP contribution in [-0.4, -0.2) is 60.6 Å². The van der Waals surface area contributed by atoms with E-state index in [1.54, 1.807) is 38.3 Å². The second kappa shape index (κ2) is 7.43. The van der Waals surface area contributed by atoms with Gasteiger partial charge < -0.3 is 25.0 Å². The monoisotopic (exact) mass is 423 g/mol. The average Bonchev–Trinajstić information content (AvgIpc) is 3.33. The fourth-order valence-corrected chi connectivity index (χ4v) is 5.08. The van der Waals surface area contributed by atoms with Crippen LogP contribution in [0.5, 0.6) is 5.75 Å². The first-order chi connectivity index (χ1) is 14.8. The molecule has 8 nitrogen and oxygen atoms in total. The first kappa shape index (κ1) is 20.9. The Bertz CT molecular complexity index is 997. The van der Waals surface area contributed by atoms with Crippen LogP contribution in [0.4, 0.5) is 0 Å². The Morgan fingerprint density at radius 3 is 2.58 bits per heavy atom. The van der Waals surface area contributed by atoms with Crippen molar-refractivity contribution in [1.82, 2.24) is 15.5 Å². The minimum Gasteiger partial charge on any atom is -0.497 e. The van der Waals surface area contributed by atoms with Gasteiger partial charge in [0.2, 0.25) is 17.7 Å². The number of carbonyl (C=O) groups excluding carboxylic acids is 3. The molecular formula is C23H25N3O5. The van der Waals surface area contributed by atoms with Crippen LogP contribution in [0.2, 0.25) is 0 Å². The predicted octanol–water partition coefficient (Wildman–Crippen LogP) is 0.231. The van der Waals surface area contributed by atoms with Gasteiger partial charge in [-0.15, -0.1) is 6.42 Å². The van der Waals surface area contributed by atoms with E-state index in [-0.39, 0.29) is 30.8 Å². The molecule has 3 amide bonds. The van der Waals surface area contributed by atoms with E-state index in [4.69, 9.17) is 15.9 Å². The lowest BCUT2D eigenvalue weighted by Crippen LogP contribution is -2.54. The molecule has 3 aliphatic heterocycles. The first-order valence-corrected chi connectivity index (χ1v) is 10.1. The smallest absolute Gasteiger partial charge is 0.246 e. The Balaban J connectivity index is 1.63. The highest BCUT2D eigenvalue weighted by Gasteiger charge is 2.75. The molecule has 2 N–H and O–H groups in total. The number of ether oxygens (including phenoxy) is 2. The normalized spacial score (nSPS) is 32.5. The Kier molecular flexibility index (Phi) is 5.02. The number of rotatable bonds is 6. The minimum absolute atomic E-state index is 0.0495. The van der Waals surface area contributed by atoms with Gasteiger partial charge in [0.25, 0.3) is 0 Å². The summed E-state index contributed by atoms with van der Waals surface area (Å²) in [6.07, 6.45) is 9.02. The predicted molar refractivity (Wildman–Crippen MR) is 112 cm³/mol. The summed E-state index contributed by atoms with van der Waals surface area (Å²) >= 11 is 0. The van der Waals surface area contributed by atoms with Crippen molar-refractivity contribution in [3.8, 4) is 18.1 Å². The summed E-state index contributed by atoms with van der Waals surface area (Å²) in [5, 5.41) is 5.51. The average molecular weight is 423 g/mol. The fraction of sp³-hybridized carbons (Fsp3) is 0.435. The van der Waals surface area contributed by atoms with E-state index in [1.165, 1.54) is 11.9 Å². The fourth-order valence-electron chi connectivity index (χ4n) is 5.08. The number of terminal acetylenes is 1. The highest BCUT2D eigenvalue weighted by Crippen LogP contribution is 2.59. The molecule has 1 spiro atoms. The zero-order chi connectivity index (χ0) is 22.4. The summed E-state index contributed by atoms with van der Waals surface area (Å²) in [5.41, 5.74) is -1.32. The van der Waals surface area contributed by atoms with E-state index in [0.717, 1.165) is 5.56 Å². The van der Waals surface area contributed by atoms with E-state index in [2.05, 4.69) is 16.6 Å². The molecule has 0 saturated carbocycles. The largest absolute Gasteiger partial charge is 0.497 e. The number of fused-ring (bicyclic) bond motifs is 1. The summed E-state index contributed by atoms with van der Waals surface area (Å²) < 4.78 is 11.4. The van der Waals surface area contributed by atoms with Crippen LogP contribution in [0.15, 0.2) is 36.4 Å². The van der Waals surface area contributed by atoms with E-state index >= 15 is 0 Å². The van der Waals surface area contributed by atoms with Crippen LogP contribution in [-0.2, 0) is 25.7 Å². The lowest BCUT2D eigenvalue weighted by Gasteiger charge is -2.32. The molecule has 0 unspecified atom stereocenters. The third-order valence-electron chi connectivity index (χ3n) is 6.46. The number of nitrogens with zero attached hydrogens (tertiary/aromatic N) is 1. The Labute approximate surface area is 180 Å². The molecule has 8 heteroatoms. The zero-order valence-corrected chi connectivity index (χ0v) is 17.7. The maximum Gasteiger partial charge on any atom is 0.246 e. The van der Waals surface area contributed by atoms with Gasteiger partial charge in [-0.05, 0) is 24.6 Å². The summed E-state index contributed by atoms with van der Waals surface area (Å²) in [5.74, 6) is 0.593. The van der Waals surface area contributed by atoms with Crippen molar-refractivity contribution < 1.29 is 23.9 Å². The van der Waals surface area contributed by atoms with Gasteiger partial charge in [0.15, 0.2) is 0 Å². The Hall–Kier alpha value is -3.31. The Morgan fingerprint density at radius 1 is 1.26 bits per heavy atom. The Morgan fingerprint density at radius 2 is 1.97 bits per heavy atom. The maximum atomic E-state index is 13.3. The molecule has 0 aliphatic carbocycles. The van der Waals surface area contributed by atoms with E-state index in [1.807, 2.05) is 12.1 Å². The van der Waals surface area contributed by atoms with Crippen LogP contribution in [0, 0.1) is 24.2 Å². The molecular weight excluding hydrogens is 398 g/mol. The quantitative estimate of drug-likeness (QED) is 0.505. The lowest BCUT2D eigenvalue weighted by atomic mass is 9.70. The molecule has 5 atom stereocenters. The van der Waals surface area contributed by atoms with Crippen molar-refractivity contribution in [3.05, 3.63) is 42.0 Å². The second-order valence-electron chi connectivity index (χ2n) is 8.18. The molecule has 3 heterocycles. The van der Waals surface area contributed by atoms with Gasteiger partial charge in [-0.3, -0.25) is 14.4 Å². The molecule has 1 aromatic rings. The van der Waals surface area contributed by atoms with Gasteiger partial charge in [-0.1, -0.05) is 30.2 Å². The van der Waals surface area contributed by atoms with Crippen molar-refractivity contribution in [3.63, 3.8) is 0 Å². The number of likely N-dealkylation sites (tertiary alicyclic amines) is 1. The molecule has 2 bridgehead atoms. The third-order valence-corrected chi connectivity index (χ3v) is 6.46. The molecule has 0 radical (unpaired) electrons. The minimum atomic E-state index is -1.23. The summed E-state index contributed by atoms with van der Waals surface area (Å²) in [7, 11) is 3.10. The number of hydrogen-bond donors (Lipinski definition) is 2. The van der Waals surface area contributed by atoms with Gasteiger partial charge in [-0.25, -0.2) is 0 Å². The van der Waals surface area contributed by atoms with Gasteiger partial charge >= 0.3 is 0 Å². The first-order valence-electron chi connectivity index (χ1n) is 10.1.